The fraction of sp³-hybridized carbons (Fsp3) is 0.652. The summed E-state index contributed by atoms with van der Waals surface area (Å²) in [5.41, 5.74) is 0.684. The van der Waals surface area contributed by atoms with Gasteiger partial charge < -0.3 is 14.8 Å². The molecule has 33 heavy (non-hydrogen) atoms. The predicted octanol–water partition coefficient (Wildman–Crippen LogP) is 2.48. The minimum Gasteiger partial charge on any atom is -0.459 e. The van der Waals surface area contributed by atoms with Crippen molar-refractivity contribution in [3.05, 3.63) is 29.8 Å². The number of rotatable bonds is 9. The Morgan fingerprint density at radius 3 is 2.33 bits per heavy atom. The maximum atomic E-state index is 12.6. The molecule has 1 unspecified atom stereocenters. The van der Waals surface area contributed by atoms with Crippen molar-refractivity contribution in [3.63, 3.8) is 0 Å². The second kappa shape index (κ2) is 8.25. The van der Waals surface area contributed by atoms with Gasteiger partial charge in [0.2, 0.25) is 0 Å². The van der Waals surface area contributed by atoms with Gasteiger partial charge in [0, 0.05) is 17.6 Å². The lowest BCUT2D eigenvalue weighted by Crippen LogP contribution is -2.46. The van der Waals surface area contributed by atoms with E-state index in [2.05, 4.69) is 9.50 Å². The number of cyclic esters (lactones) is 1. The van der Waals surface area contributed by atoms with E-state index in [4.69, 9.17) is 9.47 Å². The number of carbonyl (C=O) groups excluding carboxylic acids is 2. The smallest absolute Gasteiger partial charge is 0.414 e. The van der Waals surface area contributed by atoms with E-state index in [1.807, 2.05) is 45.0 Å². The number of nitrogens with zero attached hydrogens (tertiary/aromatic N) is 1. The highest BCUT2D eigenvalue weighted by atomic mass is 32.2. The van der Waals surface area contributed by atoms with Gasteiger partial charge in [-0.05, 0) is 64.2 Å². The van der Waals surface area contributed by atoms with Gasteiger partial charge in [0.05, 0.1) is 13.7 Å². The number of anilines is 1. The van der Waals surface area contributed by atoms with E-state index in [9.17, 15) is 18.0 Å². The van der Waals surface area contributed by atoms with E-state index in [0.29, 0.717) is 12.2 Å². The molecule has 2 aliphatic carbocycles. The number of ether oxygens (including phenoxy) is 2. The molecular formula is C23H32N2O7S. The van der Waals surface area contributed by atoms with Crippen LogP contribution in [-0.2, 0) is 34.0 Å². The van der Waals surface area contributed by atoms with Crippen LogP contribution in [0.3, 0.4) is 0 Å². The molecule has 1 aliphatic heterocycles. The fourth-order valence-electron chi connectivity index (χ4n) is 4.12. The second-order valence-corrected chi connectivity index (χ2v) is 12.1. The number of esters is 1. The second-order valence-electron chi connectivity index (χ2n) is 10.3. The third-order valence-corrected chi connectivity index (χ3v) is 7.76. The molecule has 1 heterocycles. The van der Waals surface area contributed by atoms with E-state index in [1.54, 1.807) is 0 Å². The Labute approximate surface area is 194 Å². The Kier molecular flexibility index (Phi) is 5.99. The van der Waals surface area contributed by atoms with Crippen LogP contribution < -0.4 is 10.2 Å². The zero-order chi connectivity index (χ0) is 24.1. The summed E-state index contributed by atoms with van der Waals surface area (Å²) in [7, 11) is -2.64. The van der Waals surface area contributed by atoms with E-state index in [-0.39, 0.29) is 23.7 Å². The molecule has 1 N–H and O–H groups in total. The van der Waals surface area contributed by atoms with Gasteiger partial charge in [-0.2, -0.15) is 8.42 Å². The Hall–Kier alpha value is -2.17. The summed E-state index contributed by atoms with van der Waals surface area (Å²) in [6.45, 7) is 6.46. The van der Waals surface area contributed by atoms with Crippen LogP contribution in [0.2, 0.25) is 0 Å². The number of carbonyl (C=O) groups is 2. The molecule has 2 saturated carbocycles. The van der Waals surface area contributed by atoms with Crippen LogP contribution in [0.25, 0.3) is 0 Å². The molecule has 1 amide bonds. The van der Waals surface area contributed by atoms with Gasteiger partial charge >= 0.3 is 12.1 Å². The third kappa shape index (κ3) is 5.33. The zero-order valence-electron chi connectivity index (χ0n) is 19.5. The average Bonchev–Trinajstić information content (AvgIpc) is 3.64. The van der Waals surface area contributed by atoms with Crippen molar-refractivity contribution in [2.75, 3.05) is 30.9 Å². The molecule has 3 fully saturated rings. The van der Waals surface area contributed by atoms with Gasteiger partial charge in [0.1, 0.15) is 23.0 Å². The van der Waals surface area contributed by atoms with E-state index in [0.717, 1.165) is 38.4 Å². The maximum absolute atomic E-state index is 12.6. The highest BCUT2D eigenvalue weighted by Gasteiger charge is 2.55. The van der Waals surface area contributed by atoms with Gasteiger partial charge in [-0.1, -0.05) is 12.1 Å². The molecule has 9 nitrogen and oxygen atoms in total. The molecule has 182 valence electrons. The number of nitrogens with one attached hydrogen (secondary N) is 1. The summed E-state index contributed by atoms with van der Waals surface area (Å²) in [6.07, 6.45) is 2.26. The molecule has 0 radical (unpaired) electrons. The molecule has 3 aliphatic rings. The molecule has 0 bridgehead atoms. The maximum Gasteiger partial charge on any atom is 0.414 e. The summed E-state index contributed by atoms with van der Waals surface area (Å²) in [6, 6.07) is 7.68. The molecule has 0 spiro atoms. The number of benzene rings is 1. The Bertz CT molecular complexity index is 1020. The first-order valence-corrected chi connectivity index (χ1v) is 12.8. The minimum atomic E-state index is -3.72. The van der Waals surface area contributed by atoms with Crippen molar-refractivity contribution in [3.8, 4) is 0 Å². The zero-order valence-corrected chi connectivity index (χ0v) is 20.4. The quantitative estimate of drug-likeness (QED) is 0.424. The van der Waals surface area contributed by atoms with Gasteiger partial charge in [0.25, 0.3) is 10.1 Å². The lowest BCUT2D eigenvalue weighted by molar-refractivity contribution is -0.158. The van der Waals surface area contributed by atoms with Crippen LogP contribution >= 0.6 is 0 Å². The van der Waals surface area contributed by atoms with E-state index >= 15 is 0 Å². The Balaban J connectivity index is 1.37. The standard InChI is InChI=1S/C23H32N2O7S/c1-21(2,3)32-19(26)23(11-12-23)24-15-22(9-10-22)16-5-7-17(8-6-16)25-13-18(31-20(25)27)14-33(28,29)30-4/h5-8,18,24H,9-15H2,1-4H3. The van der Waals surface area contributed by atoms with Crippen LogP contribution in [0.1, 0.15) is 52.0 Å². The highest BCUT2D eigenvalue weighted by Crippen LogP contribution is 2.49. The van der Waals surface area contributed by atoms with Crippen LogP contribution in [0, 0.1) is 0 Å². The topological polar surface area (TPSA) is 111 Å². The van der Waals surface area contributed by atoms with Gasteiger partial charge in [0.15, 0.2) is 0 Å². The molecular weight excluding hydrogens is 448 g/mol. The first-order valence-electron chi connectivity index (χ1n) is 11.2. The first-order chi connectivity index (χ1) is 15.4. The number of amides is 1. The van der Waals surface area contributed by atoms with Crippen LogP contribution in [0.5, 0.6) is 0 Å². The predicted molar refractivity (Wildman–Crippen MR) is 122 cm³/mol. The summed E-state index contributed by atoms with van der Waals surface area (Å²) in [4.78, 5) is 26.3. The molecule has 10 heteroatoms. The summed E-state index contributed by atoms with van der Waals surface area (Å²) in [5.74, 6) is -0.559. The normalized spacial score (nSPS) is 23.2. The number of hydrogen-bond acceptors (Lipinski definition) is 8. The average molecular weight is 481 g/mol. The van der Waals surface area contributed by atoms with E-state index in [1.165, 1.54) is 4.90 Å². The molecule has 1 aromatic rings. The first kappa shape index (κ1) is 24.0. The third-order valence-electron chi connectivity index (χ3n) is 6.47. The molecule has 4 rings (SSSR count). The van der Waals surface area contributed by atoms with Crippen molar-refractivity contribution in [2.45, 2.75) is 69.1 Å². The van der Waals surface area contributed by atoms with Gasteiger partial charge in [-0.3, -0.25) is 13.9 Å². The van der Waals surface area contributed by atoms with Crippen molar-refractivity contribution >= 4 is 27.9 Å². The molecule has 1 saturated heterocycles. The summed E-state index contributed by atoms with van der Waals surface area (Å²) >= 11 is 0. The summed E-state index contributed by atoms with van der Waals surface area (Å²) in [5, 5.41) is 3.48. The summed E-state index contributed by atoms with van der Waals surface area (Å²) < 4.78 is 38.5. The fourth-order valence-corrected chi connectivity index (χ4v) is 4.89. The molecule has 1 atom stereocenters. The number of hydrogen-bond donors (Lipinski definition) is 1. The lowest BCUT2D eigenvalue weighted by Gasteiger charge is -2.26. The van der Waals surface area contributed by atoms with Crippen LogP contribution in [-0.4, -0.2) is 63.7 Å². The minimum absolute atomic E-state index is 0.0310. The largest absolute Gasteiger partial charge is 0.459 e. The molecule has 0 aromatic heterocycles. The Morgan fingerprint density at radius 1 is 1.18 bits per heavy atom. The van der Waals surface area contributed by atoms with Crippen LogP contribution in [0.15, 0.2) is 24.3 Å². The van der Waals surface area contributed by atoms with Crippen LogP contribution in [0.4, 0.5) is 10.5 Å². The van der Waals surface area contributed by atoms with Crippen molar-refractivity contribution < 1.29 is 31.7 Å². The monoisotopic (exact) mass is 480 g/mol. The Morgan fingerprint density at radius 2 is 1.82 bits per heavy atom. The van der Waals surface area contributed by atoms with Crippen molar-refractivity contribution in [2.24, 2.45) is 0 Å². The lowest BCUT2D eigenvalue weighted by atomic mass is 9.95. The van der Waals surface area contributed by atoms with Crippen molar-refractivity contribution in [1.82, 2.24) is 5.32 Å². The van der Waals surface area contributed by atoms with Gasteiger partial charge in [-0.15, -0.1) is 0 Å². The molecule has 1 aromatic carbocycles. The van der Waals surface area contributed by atoms with Crippen molar-refractivity contribution in [1.29, 1.82) is 0 Å². The highest BCUT2D eigenvalue weighted by molar-refractivity contribution is 7.86. The van der Waals surface area contributed by atoms with Gasteiger partial charge in [-0.25, -0.2) is 4.79 Å². The van der Waals surface area contributed by atoms with E-state index < -0.39 is 33.5 Å². The SMILES string of the molecule is COS(=O)(=O)CC1CN(c2ccc(C3(CNC4(C(=O)OC(C)(C)C)CC4)CC3)cc2)C(=O)O1.